The van der Waals surface area contributed by atoms with Crippen LogP contribution in [0.15, 0.2) is 23.1 Å². The summed E-state index contributed by atoms with van der Waals surface area (Å²) < 4.78 is 32.2. The summed E-state index contributed by atoms with van der Waals surface area (Å²) in [5.74, 6) is 0.715. The van der Waals surface area contributed by atoms with Crippen LogP contribution < -0.4 is 10.1 Å². The standard InChI is InChI=1S/C14H22N2O3S/c1-3-5-9-16(4-2)20(17,18)12-6-7-14-13(11-12)15-8-10-19-14/h6-7,11,15H,3-5,8-10H2,1-2H3. The van der Waals surface area contributed by atoms with E-state index in [1.165, 1.54) is 4.31 Å². The molecule has 2 rings (SSSR count). The topological polar surface area (TPSA) is 58.6 Å². The van der Waals surface area contributed by atoms with E-state index in [0.29, 0.717) is 36.9 Å². The van der Waals surface area contributed by atoms with Gasteiger partial charge in [-0.25, -0.2) is 8.42 Å². The molecule has 0 aromatic heterocycles. The summed E-state index contributed by atoms with van der Waals surface area (Å²) in [7, 11) is -3.42. The van der Waals surface area contributed by atoms with Gasteiger partial charge in [-0.1, -0.05) is 20.3 Å². The maximum Gasteiger partial charge on any atom is 0.243 e. The predicted octanol–water partition coefficient (Wildman–Crippen LogP) is 2.30. The fraction of sp³-hybridized carbons (Fsp3) is 0.571. The van der Waals surface area contributed by atoms with E-state index in [2.05, 4.69) is 12.2 Å². The van der Waals surface area contributed by atoms with E-state index >= 15 is 0 Å². The molecule has 0 amide bonds. The van der Waals surface area contributed by atoms with E-state index < -0.39 is 10.0 Å². The van der Waals surface area contributed by atoms with Crippen LogP contribution in [0.25, 0.3) is 0 Å². The average molecular weight is 298 g/mol. The Morgan fingerprint density at radius 2 is 2.15 bits per heavy atom. The Balaban J connectivity index is 2.28. The summed E-state index contributed by atoms with van der Waals surface area (Å²) in [6, 6.07) is 5.01. The lowest BCUT2D eigenvalue weighted by molar-refractivity contribution is 0.323. The number of hydrogen-bond donors (Lipinski definition) is 1. The first kappa shape index (κ1) is 15.1. The summed E-state index contributed by atoms with van der Waals surface area (Å²) in [5.41, 5.74) is 0.754. The molecule has 1 aromatic rings. The molecular weight excluding hydrogens is 276 g/mol. The zero-order chi connectivity index (χ0) is 14.6. The van der Waals surface area contributed by atoms with Gasteiger partial charge in [-0.2, -0.15) is 4.31 Å². The number of fused-ring (bicyclic) bond motifs is 1. The maximum absolute atomic E-state index is 12.6. The Morgan fingerprint density at radius 1 is 1.35 bits per heavy atom. The van der Waals surface area contributed by atoms with Crippen molar-refractivity contribution in [1.29, 1.82) is 0 Å². The molecule has 5 nitrogen and oxygen atoms in total. The van der Waals surface area contributed by atoms with E-state index in [1.54, 1.807) is 18.2 Å². The second kappa shape index (κ2) is 6.45. The van der Waals surface area contributed by atoms with Crippen LogP contribution in [-0.2, 0) is 10.0 Å². The first-order valence-electron chi connectivity index (χ1n) is 7.10. The second-order valence-corrected chi connectivity index (χ2v) is 6.72. The Labute approximate surface area is 121 Å². The van der Waals surface area contributed by atoms with Crippen LogP contribution >= 0.6 is 0 Å². The Bertz CT molecular complexity index is 558. The van der Waals surface area contributed by atoms with E-state index in [-0.39, 0.29) is 0 Å². The molecule has 0 bridgehead atoms. The van der Waals surface area contributed by atoms with Gasteiger partial charge < -0.3 is 10.1 Å². The van der Waals surface area contributed by atoms with Gasteiger partial charge in [0.1, 0.15) is 12.4 Å². The van der Waals surface area contributed by atoms with Crippen LogP contribution in [-0.4, -0.2) is 39.0 Å². The fourth-order valence-corrected chi connectivity index (χ4v) is 3.73. The molecule has 0 aliphatic carbocycles. The van der Waals surface area contributed by atoms with Crippen molar-refractivity contribution in [3.05, 3.63) is 18.2 Å². The number of nitrogens with zero attached hydrogens (tertiary/aromatic N) is 1. The van der Waals surface area contributed by atoms with Crippen molar-refractivity contribution >= 4 is 15.7 Å². The minimum atomic E-state index is -3.42. The maximum atomic E-state index is 12.6. The van der Waals surface area contributed by atoms with Crippen molar-refractivity contribution in [3.63, 3.8) is 0 Å². The van der Waals surface area contributed by atoms with Crippen LogP contribution in [0.5, 0.6) is 5.75 Å². The summed E-state index contributed by atoms with van der Waals surface area (Å²) in [5, 5.41) is 3.17. The van der Waals surface area contributed by atoms with Crippen molar-refractivity contribution in [3.8, 4) is 5.75 Å². The molecule has 0 spiro atoms. The van der Waals surface area contributed by atoms with Gasteiger partial charge in [0, 0.05) is 19.6 Å². The van der Waals surface area contributed by atoms with Gasteiger partial charge in [-0.05, 0) is 24.6 Å². The summed E-state index contributed by atoms with van der Waals surface area (Å²) in [4.78, 5) is 0.326. The molecule has 0 atom stereocenters. The van der Waals surface area contributed by atoms with Crippen LogP contribution in [0, 0.1) is 0 Å². The molecule has 1 aliphatic heterocycles. The van der Waals surface area contributed by atoms with E-state index in [9.17, 15) is 8.42 Å². The Hall–Kier alpha value is -1.27. The third-order valence-corrected chi connectivity index (χ3v) is 5.35. The monoisotopic (exact) mass is 298 g/mol. The predicted molar refractivity (Wildman–Crippen MR) is 79.8 cm³/mol. The van der Waals surface area contributed by atoms with Crippen molar-refractivity contribution in [1.82, 2.24) is 4.31 Å². The SMILES string of the molecule is CCCCN(CC)S(=O)(=O)c1ccc2c(c1)NCCO2. The lowest BCUT2D eigenvalue weighted by Crippen LogP contribution is -2.32. The Kier molecular flexibility index (Phi) is 4.88. The molecule has 0 unspecified atom stereocenters. The van der Waals surface area contributed by atoms with E-state index in [1.807, 2.05) is 6.92 Å². The zero-order valence-electron chi connectivity index (χ0n) is 12.1. The molecule has 1 aliphatic rings. The smallest absolute Gasteiger partial charge is 0.243 e. The number of ether oxygens (including phenoxy) is 1. The summed E-state index contributed by atoms with van der Waals surface area (Å²) >= 11 is 0. The zero-order valence-corrected chi connectivity index (χ0v) is 12.9. The van der Waals surface area contributed by atoms with Gasteiger partial charge in [0.15, 0.2) is 0 Å². The van der Waals surface area contributed by atoms with Gasteiger partial charge in [0.05, 0.1) is 10.6 Å². The van der Waals surface area contributed by atoms with Crippen LogP contribution in [0.3, 0.4) is 0 Å². The molecule has 0 saturated carbocycles. The highest BCUT2D eigenvalue weighted by Crippen LogP contribution is 2.30. The van der Waals surface area contributed by atoms with E-state index in [4.69, 9.17) is 4.74 Å². The van der Waals surface area contributed by atoms with Crippen LogP contribution in [0.4, 0.5) is 5.69 Å². The highest BCUT2D eigenvalue weighted by Gasteiger charge is 2.24. The number of rotatable bonds is 6. The third-order valence-electron chi connectivity index (χ3n) is 3.38. The first-order chi connectivity index (χ1) is 9.59. The minimum Gasteiger partial charge on any atom is -0.490 e. The van der Waals surface area contributed by atoms with Crippen molar-refractivity contribution < 1.29 is 13.2 Å². The molecule has 6 heteroatoms. The number of benzene rings is 1. The lowest BCUT2D eigenvalue weighted by Gasteiger charge is -2.23. The number of nitrogens with one attached hydrogen (secondary N) is 1. The molecule has 1 heterocycles. The molecule has 20 heavy (non-hydrogen) atoms. The molecule has 0 fully saturated rings. The molecule has 1 N–H and O–H groups in total. The normalized spacial score (nSPS) is 14.6. The van der Waals surface area contributed by atoms with Crippen molar-refractivity contribution in [2.24, 2.45) is 0 Å². The number of hydrogen-bond acceptors (Lipinski definition) is 4. The van der Waals surface area contributed by atoms with Crippen molar-refractivity contribution in [2.75, 3.05) is 31.6 Å². The van der Waals surface area contributed by atoms with Gasteiger partial charge >= 0.3 is 0 Å². The number of anilines is 1. The fourth-order valence-electron chi connectivity index (χ4n) is 2.21. The number of unbranched alkanes of at least 4 members (excludes halogenated alkanes) is 1. The minimum absolute atomic E-state index is 0.326. The second-order valence-electron chi connectivity index (χ2n) is 4.78. The molecule has 0 saturated heterocycles. The van der Waals surface area contributed by atoms with Gasteiger partial charge in [0.2, 0.25) is 10.0 Å². The molecule has 112 valence electrons. The lowest BCUT2D eigenvalue weighted by atomic mass is 10.2. The summed E-state index contributed by atoms with van der Waals surface area (Å²) in [6.07, 6.45) is 1.85. The largest absolute Gasteiger partial charge is 0.490 e. The first-order valence-corrected chi connectivity index (χ1v) is 8.54. The van der Waals surface area contributed by atoms with Crippen LogP contribution in [0.2, 0.25) is 0 Å². The van der Waals surface area contributed by atoms with Gasteiger partial charge in [0.25, 0.3) is 0 Å². The third kappa shape index (κ3) is 3.07. The number of sulfonamides is 1. The van der Waals surface area contributed by atoms with Gasteiger partial charge in [-0.15, -0.1) is 0 Å². The highest BCUT2D eigenvalue weighted by molar-refractivity contribution is 7.89. The highest BCUT2D eigenvalue weighted by atomic mass is 32.2. The average Bonchev–Trinajstić information content (AvgIpc) is 2.47. The molecular formula is C14H22N2O3S. The Morgan fingerprint density at radius 3 is 2.85 bits per heavy atom. The molecule has 0 radical (unpaired) electrons. The van der Waals surface area contributed by atoms with Crippen molar-refractivity contribution in [2.45, 2.75) is 31.6 Å². The summed E-state index contributed by atoms with van der Waals surface area (Å²) in [6.45, 7) is 6.29. The quantitative estimate of drug-likeness (QED) is 0.875. The van der Waals surface area contributed by atoms with Gasteiger partial charge in [-0.3, -0.25) is 0 Å². The van der Waals surface area contributed by atoms with Crippen LogP contribution in [0.1, 0.15) is 26.7 Å². The molecule has 1 aromatic carbocycles. The van der Waals surface area contributed by atoms with E-state index in [0.717, 1.165) is 18.5 Å².